The van der Waals surface area contributed by atoms with Gasteiger partial charge in [-0.3, -0.25) is 4.79 Å². The van der Waals surface area contributed by atoms with Crippen molar-refractivity contribution >= 4 is 0 Å². The standard InChI is InChI=1S/C15H21N3O/c16-8-12-4-13(17-18-14(12)19)15-5-9-1-10(6-15)3-11(2-9)7-15/h4,9-11H,1-3,5-8,16H2,(H,18,19). The fourth-order valence-corrected chi connectivity index (χ4v) is 5.29. The highest BCUT2D eigenvalue weighted by Gasteiger charge is 2.52. The van der Waals surface area contributed by atoms with E-state index in [2.05, 4.69) is 10.2 Å². The fraction of sp³-hybridized carbons (Fsp3) is 0.733. The lowest BCUT2D eigenvalue weighted by Gasteiger charge is -2.56. The predicted octanol–water partition coefficient (Wildman–Crippen LogP) is 1.70. The molecular weight excluding hydrogens is 238 g/mol. The molecule has 1 aromatic rings. The maximum atomic E-state index is 11.6. The van der Waals surface area contributed by atoms with Crippen LogP contribution in [0.5, 0.6) is 0 Å². The molecule has 0 unspecified atom stereocenters. The summed E-state index contributed by atoms with van der Waals surface area (Å²) in [5.41, 5.74) is 7.56. The first-order valence-electron chi connectivity index (χ1n) is 7.48. The Morgan fingerprint density at radius 3 is 2.32 bits per heavy atom. The molecule has 0 spiro atoms. The molecule has 0 amide bonds. The Labute approximate surface area is 112 Å². The molecule has 0 saturated heterocycles. The molecule has 0 aliphatic heterocycles. The van der Waals surface area contributed by atoms with Gasteiger partial charge in [0, 0.05) is 17.5 Å². The van der Waals surface area contributed by atoms with Crippen molar-refractivity contribution in [2.24, 2.45) is 23.5 Å². The van der Waals surface area contributed by atoms with Crippen molar-refractivity contribution < 1.29 is 0 Å². The normalized spacial score (nSPS) is 39.7. The monoisotopic (exact) mass is 259 g/mol. The Morgan fingerprint density at radius 2 is 1.79 bits per heavy atom. The van der Waals surface area contributed by atoms with E-state index in [0.717, 1.165) is 23.4 Å². The molecule has 0 aromatic carbocycles. The number of hydrogen-bond acceptors (Lipinski definition) is 3. The van der Waals surface area contributed by atoms with Gasteiger partial charge in [0.05, 0.1) is 5.69 Å². The minimum atomic E-state index is -0.129. The number of hydrogen-bond donors (Lipinski definition) is 2. The molecule has 4 saturated carbocycles. The van der Waals surface area contributed by atoms with Crippen LogP contribution in [0.25, 0.3) is 0 Å². The highest BCUT2D eigenvalue weighted by atomic mass is 16.1. The van der Waals surface area contributed by atoms with Crippen LogP contribution < -0.4 is 11.3 Å². The van der Waals surface area contributed by atoms with Crippen LogP contribution in [-0.2, 0) is 12.0 Å². The minimum Gasteiger partial charge on any atom is -0.326 e. The Bertz CT molecular complexity index is 527. The van der Waals surface area contributed by atoms with Crippen molar-refractivity contribution in [3.8, 4) is 0 Å². The molecule has 3 N–H and O–H groups in total. The first kappa shape index (κ1) is 11.6. The second kappa shape index (κ2) is 3.92. The predicted molar refractivity (Wildman–Crippen MR) is 72.6 cm³/mol. The summed E-state index contributed by atoms with van der Waals surface area (Å²) in [6.45, 7) is 0.303. The van der Waals surface area contributed by atoms with Gasteiger partial charge in [0.15, 0.2) is 0 Å². The van der Waals surface area contributed by atoms with Crippen molar-refractivity contribution in [1.82, 2.24) is 10.2 Å². The highest BCUT2D eigenvalue weighted by Crippen LogP contribution is 2.60. The number of nitrogens with two attached hydrogens (primary N) is 1. The topological polar surface area (TPSA) is 71.8 Å². The lowest BCUT2D eigenvalue weighted by Crippen LogP contribution is -2.49. The van der Waals surface area contributed by atoms with Gasteiger partial charge in [-0.1, -0.05) is 0 Å². The van der Waals surface area contributed by atoms with E-state index in [9.17, 15) is 4.79 Å². The van der Waals surface area contributed by atoms with Crippen molar-refractivity contribution in [2.45, 2.75) is 50.5 Å². The van der Waals surface area contributed by atoms with E-state index < -0.39 is 0 Å². The first-order valence-corrected chi connectivity index (χ1v) is 7.48. The van der Waals surface area contributed by atoms with Crippen LogP contribution in [0.3, 0.4) is 0 Å². The molecule has 19 heavy (non-hydrogen) atoms. The van der Waals surface area contributed by atoms with E-state index >= 15 is 0 Å². The third-order valence-electron chi connectivity index (χ3n) is 5.68. The second-order valence-electron chi connectivity index (χ2n) is 7.01. The molecule has 5 rings (SSSR count). The number of H-pyrrole nitrogens is 1. The molecule has 0 atom stereocenters. The lowest BCUT2D eigenvalue weighted by molar-refractivity contribution is -0.00767. The molecule has 4 aliphatic carbocycles. The van der Waals surface area contributed by atoms with Gasteiger partial charge in [0.25, 0.3) is 5.56 Å². The van der Waals surface area contributed by atoms with Gasteiger partial charge in [0.2, 0.25) is 0 Å². The van der Waals surface area contributed by atoms with Gasteiger partial charge in [-0.25, -0.2) is 5.10 Å². The Balaban J connectivity index is 1.77. The second-order valence-corrected chi connectivity index (χ2v) is 7.01. The summed E-state index contributed by atoms with van der Waals surface area (Å²) in [7, 11) is 0. The van der Waals surface area contributed by atoms with Crippen LogP contribution in [0.2, 0.25) is 0 Å². The zero-order valence-electron chi connectivity index (χ0n) is 11.2. The lowest BCUT2D eigenvalue weighted by atomic mass is 9.49. The van der Waals surface area contributed by atoms with Gasteiger partial charge in [0.1, 0.15) is 0 Å². The van der Waals surface area contributed by atoms with Gasteiger partial charge in [-0.2, -0.15) is 5.10 Å². The average molecular weight is 259 g/mol. The van der Waals surface area contributed by atoms with Crippen molar-refractivity contribution in [3.05, 3.63) is 27.7 Å². The largest absolute Gasteiger partial charge is 0.326 e. The number of rotatable bonds is 2. The number of aromatic amines is 1. The van der Waals surface area contributed by atoms with Crippen LogP contribution in [0.1, 0.15) is 49.8 Å². The smallest absolute Gasteiger partial charge is 0.268 e. The van der Waals surface area contributed by atoms with E-state index in [1.54, 1.807) is 0 Å². The summed E-state index contributed by atoms with van der Waals surface area (Å²) in [6.07, 6.45) is 8.07. The van der Waals surface area contributed by atoms with Gasteiger partial charge in [-0.05, 0) is 62.3 Å². The molecule has 4 bridgehead atoms. The Hall–Kier alpha value is -1.16. The molecule has 4 nitrogen and oxygen atoms in total. The Kier molecular flexibility index (Phi) is 2.40. The van der Waals surface area contributed by atoms with Crippen LogP contribution >= 0.6 is 0 Å². The third kappa shape index (κ3) is 1.69. The maximum Gasteiger partial charge on any atom is 0.268 e. The summed E-state index contributed by atoms with van der Waals surface area (Å²) >= 11 is 0. The van der Waals surface area contributed by atoms with E-state index in [4.69, 9.17) is 5.73 Å². The summed E-state index contributed by atoms with van der Waals surface area (Å²) in [5.74, 6) is 2.67. The first-order chi connectivity index (χ1) is 9.18. The fourth-order valence-electron chi connectivity index (χ4n) is 5.29. The summed E-state index contributed by atoms with van der Waals surface area (Å²) < 4.78 is 0. The Morgan fingerprint density at radius 1 is 1.21 bits per heavy atom. The van der Waals surface area contributed by atoms with Crippen LogP contribution in [0.4, 0.5) is 0 Å². The van der Waals surface area contributed by atoms with Crippen molar-refractivity contribution in [1.29, 1.82) is 0 Å². The number of nitrogens with one attached hydrogen (secondary N) is 1. The zero-order chi connectivity index (χ0) is 13.0. The minimum absolute atomic E-state index is 0.129. The van der Waals surface area contributed by atoms with Crippen LogP contribution in [0.15, 0.2) is 10.9 Å². The quantitative estimate of drug-likeness (QED) is 0.849. The molecule has 0 radical (unpaired) electrons. The van der Waals surface area contributed by atoms with Crippen LogP contribution in [-0.4, -0.2) is 10.2 Å². The van der Waals surface area contributed by atoms with Crippen molar-refractivity contribution in [3.63, 3.8) is 0 Å². The molecule has 102 valence electrons. The highest BCUT2D eigenvalue weighted by molar-refractivity contribution is 5.25. The molecule has 1 heterocycles. The number of nitrogens with zero attached hydrogens (tertiary/aromatic N) is 1. The van der Waals surface area contributed by atoms with Gasteiger partial charge in [-0.15, -0.1) is 0 Å². The molecule has 1 aromatic heterocycles. The molecule has 4 aliphatic rings. The van der Waals surface area contributed by atoms with Gasteiger partial charge >= 0.3 is 0 Å². The zero-order valence-corrected chi connectivity index (χ0v) is 11.2. The molecular formula is C15H21N3O. The maximum absolute atomic E-state index is 11.6. The number of aromatic nitrogens is 2. The van der Waals surface area contributed by atoms with Crippen LogP contribution in [0, 0.1) is 17.8 Å². The molecule has 4 fully saturated rings. The van der Waals surface area contributed by atoms with Crippen molar-refractivity contribution in [2.75, 3.05) is 0 Å². The summed E-state index contributed by atoms with van der Waals surface area (Å²) in [6, 6.07) is 1.98. The molecule has 4 heteroatoms. The van der Waals surface area contributed by atoms with Gasteiger partial charge < -0.3 is 5.73 Å². The SMILES string of the molecule is NCc1cc(C23CC4CC(CC(C4)C2)C3)n[nH]c1=O. The van der Waals surface area contributed by atoms with E-state index in [0.29, 0.717) is 12.1 Å². The average Bonchev–Trinajstić information content (AvgIpc) is 2.37. The third-order valence-corrected chi connectivity index (χ3v) is 5.68. The summed E-state index contributed by atoms with van der Waals surface area (Å²) in [5, 5.41) is 7.04. The van der Waals surface area contributed by atoms with E-state index in [1.165, 1.54) is 38.5 Å². The summed E-state index contributed by atoms with van der Waals surface area (Å²) in [4.78, 5) is 11.6. The van der Waals surface area contributed by atoms with E-state index in [-0.39, 0.29) is 11.0 Å². The van der Waals surface area contributed by atoms with E-state index in [1.807, 2.05) is 6.07 Å².